The molecule has 0 atom stereocenters. The maximum atomic E-state index is 11.9. The molecule has 3 N–H and O–H groups in total. The molecule has 8 nitrogen and oxygen atoms in total. The van der Waals surface area contributed by atoms with Crippen LogP contribution in [0.25, 0.3) is 6.08 Å². The van der Waals surface area contributed by atoms with E-state index >= 15 is 0 Å². The van der Waals surface area contributed by atoms with Crippen molar-refractivity contribution in [3.8, 4) is 11.5 Å². The number of nitrogens with one attached hydrogen (secondary N) is 1. The minimum atomic E-state index is -1.82. The van der Waals surface area contributed by atoms with E-state index in [1.807, 2.05) is 60.7 Å². The summed E-state index contributed by atoms with van der Waals surface area (Å²) < 4.78 is 6.05. The Balaban J connectivity index is 0.000000509. The van der Waals surface area contributed by atoms with Crippen LogP contribution in [-0.2, 0) is 16.1 Å². The van der Waals surface area contributed by atoms with Gasteiger partial charge in [0.15, 0.2) is 0 Å². The van der Waals surface area contributed by atoms with E-state index in [4.69, 9.17) is 24.5 Å². The van der Waals surface area contributed by atoms with Crippen molar-refractivity contribution in [2.45, 2.75) is 19.4 Å². The summed E-state index contributed by atoms with van der Waals surface area (Å²) in [6, 6.07) is 21.8. The van der Waals surface area contributed by atoms with Gasteiger partial charge in [0, 0.05) is 23.9 Å². The molecule has 8 heteroatoms. The number of aromatic amines is 1. The fraction of sp³-hybridized carbons (Fsp3) is 0.222. The van der Waals surface area contributed by atoms with Crippen LogP contribution in [0.1, 0.15) is 24.0 Å². The van der Waals surface area contributed by atoms with Crippen molar-refractivity contribution < 1.29 is 24.5 Å². The fourth-order valence-electron chi connectivity index (χ4n) is 3.69. The second-order valence-corrected chi connectivity index (χ2v) is 8.06. The minimum Gasteiger partial charge on any atom is -0.473 e. The highest BCUT2D eigenvalue weighted by molar-refractivity contribution is 6.27. The maximum absolute atomic E-state index is 11.9. The molecule has 1 fully saturated rings. The third-order valence-electron chi connectivity index (χ3n) is 5.55. The molecule has 0 bridgehead atoms. The highest BCUT2D eigenvalue weighted by Gasteiger charge is 2.18. The van der Waals surface area contributed by atoms with Crippen LogP contribution in [0.15, 0.2) is 83.8 Å². The van der Waals surface area contributed by atoms with Gasteiger partial charge in [-0.1, -0.05) is 54.6 Å². The highest BCUT2D eigenvalue weighted by atomic mass is 16.5. The number of ether oxygens (including phenoxy) is 1. The Hall–Kier alpha value is -4.17. The van der Waals surface area contributed by atoms with Crippen molar-refractivity contribution in [1.82, 2.24) is 9.88 Å². The molecule has 182 valence electrons. The summed E-state index contributed by atoms with van der Waals surface area (Å²) in [5, 5.41) is 14.8. The third kappa shape index (κ3) is 8.28. The predicted octanol–water partition coefficient (Wildman–Crippen LogP) is 4.25. The average Bonchev–Trinajstić information content (AvgIpc) is 2.87. The van der Waals surface area contributed by atoms with E-state index in [2.05, 4.69) is 28.1 Å². The molecule has 3 aromatic rings. The summed E-state index contributed by atoms with van der Waals surface area (Å²) in [6.45, 7) is 2.73. The standard InChI is InChI=1S/C25H26N2O2.C2H2O4/c28-25-22(8-6-16-26-25)19-27-17-14-20(15-18-27)12-13-21-7-4-5-11-24(21)29-23-9-2-1-3-10-23;3-1(4)2(5)6/h1-13,16,20H,14-15,17-19H2,(H,26,28);(H,3,4)(H,5,6)/b13-12+;. The molecule has 0 saturated carbocycles. The molecule has 0 amide bonds. The predicted molar refractivity (Wildman–Crippen MR) is 132 cm³/mol. The van der Waals surface area contributed by atoms with Crippen LogP contribution in [0.2, 0.25) is 0 Å². The maximum Gasteiger partial charge on any atom is 0.414 e. The van der Waals surface area contributed by atoms with Gasteiger partial charge < -0.3 is 19.9 Å². The zero-order valence-corrected chi connectivity index (χ0v) is 19.2. The number of carboxylic acids is 2. The Morgan fingerprint density at radius 3 is 2.26 bits per heavy atom. The summed E-state index contributed by atoms with van der Waals surface area (Å²) in [5.41, 5.74) is 1.95. The number of carbonyl (C=O) groups is 2. The summed E-state index contributed by atoms with van der Waals surface area (Å²) in [6.07, 6.45) is 8.37. The Labute approximate surface area is 203 Å². The van der Waals surface area contributed by atoms with E-state index in [-0.39, 0.29) is 5.56 Å². The number of rotatable bonds is 6. The van der Waals surface area contributed by atoms with Gasteiger partial charge in [0.1, 0.15) is 11.5 Å². The third-order valence-corrected chi connectivity index (χ3v) is 5.55. The first-order valence-corrected chi connectivity index (χ1v) is 11.3. The lowest BCUT2D eigenvalue weighted by Crippen LogP contribution is -2.34. The number of piperidine rings is 1. The molecule has 4 rings (SSSR count). The van der Waals surface area contributed by atoms with Gasteiger partial charge in [0.2, 0.25) is 0 Å². The van der Waals surface area contributed by atoms with E-state index in [1.165, 1.54) is 0 Å². The Bertz CT molecular complexity index is 1190. The van der Waals surface area contributed by atoms with Crippen molar-refractivity contribution in [3.63, 3.8) is 0 Å². The lowest BCUT2D eigenvalue weighted by atomic mass is 9.95. The SMILES string of the molecule is O=C(O)C(=O)O.O=c1[nH]cccc1CN1CCC(/C=C/c2ccccc2Oc2ccccc2)CC1. The number of para-hydroxylation sites is 2. The molecule has 1 aliphatic rings. The Morgan fingerprint density at radius 2 is 1.60 bits per heavy atom. The number of aliphatic carboxylic acids is 2. The number of H-pyrrole nitrogens is 1. The molecule has 0 radical (unpaired) electrons. The van der Waals surface area contributed by atoms with Gasteiger partial charge in [0.25, 0.3) is 5.56 Å². The number of benzene rings is 2. The largest absolute Gasteiger partial charge is 0.473 e. The van der Waals surface area contributed by atoms with Crippen LogP contribution >= 0.6 is 0 Å². The molecular weight excluding hydrogens is 448 g/mol. The number of pyridine rings is 1. The highest BCUT2D eigenvalue weighted by Crippen LogP contribution is 2.27. The van der Waals surface area contributed by atoms with E-state index in [9.17, 15) is 4.79 Å². The number of hydrogen-bond acceptors (Lipinski definition) is 5. The van der Waals surface area contributed by atoms with Gasteiger partial charge in [-0.15, -0.1) is 0 Å². The molecule has 0 spiro atoms. The molecule has 0 aliphatic carbocycles. The molecular formula is C27H28N2O6. The summed E-state index contributed by atoms with van der Waals surface area (Å²) in [7, 11) is 0. The number of nitrogens with zero attached hydrogens (tertiary/aromatic N) is 1. The van der Waals surface area contributed by atoms with Crippen LogP contribution in [0.5, 0.6) is 11.5 Å². The van der Waals surface area contributed by atoms with E-state index < -0.39 is 11.9 Å². The second kappa shape index (κ2) is 12.9. The van der Waals surface area contributed by atoms with Gasteiger partial charge in [-0.25, -0.2) is 9.59 Å². The van der Waals surface area contributed by atoms with Gasteiger partial charge in [-0.2, -0.15) is 0 Å². The van der Waals surface area contributed by atoms with Gasteiger partial charge >= 0.3 is 11.9 Å². The number of hydrogen-bond donors (Lipinski definition) is 3. The topological polar surface area (TPSA) is 120 Å². The van der Waals surface area contributed by atoms with Gasteiger partial charge in [0.05, 0.1) is 0 Å². The smallest absolute Gasteiger partial charge is 0.414 e. The van der Waals surface area contributed by atoms with E-state index in [1.54, 1.807) is 6.20 Å². The molecule has 1 aromatic heterocycles. The summed E-state index contributed by atoms with van der Waals surface area (Å²) in [4.78, 5) is 35.2. The van der Waals surface area contributed by atoms with Crippen molar-refractivity contribution in [2.24, 2.45) is 5.92 Å². The van der Waals surface area contributed by atoms with Crippen LogP contribution < -0.4 is 10.3 Å². The average molecular weight is 477 g/mol. The molecule has 0 unspecified atom stereocenters. The molecule has 35 heavy (non-hydrogen) atoms. The number of aromatic nitrogens is 1. The molecule has 1 aliphatic heterocycles. The normalized spacial score (nSPS) is 14.2. The van der Waals surface area contributed by atoms with Crippen molar-refractivity contribution in [3.05, 3.63) is 100 Å². The first-order chi connectivity index (χ1) is 16.9. The van der Waals surface area contributed by atoms with Crippen LogP contribution in [0, 0.1) is 5.92 Å². The first-order valence-electron chi connectivity index (χ1n) is 11.3. The lowest BCUT2D eigenvalue weighted by molar-refractivity contribution is -0.159. The fourth-order valence-corrected chi connectivity index (χ4v) is 3.69. The Kier molecular flexibility index (Phi) is 9.39. The number of carboxylic acid groups (broad SMARTS) is 2. The number of likely N-dealkylation sites (tertiary alicyclic amines) is 1. The Morgan fingerprint density at radius 1 is 0.943 bits per heavy atom. The summed E-state index contributed by atoms with van der Waals surface area (Å²) in [5.74, 6) is -1.39. The van der Waals surface area contributed by atoms with Crippen molar-refractivity contribution in [1.29, 1.82) is 0 Å². The zero-order chi connectivity index (χ0) is 25.0. The number of allylic oxidation sites excluding steroid dienone is 1. The quantitative estimate of drug-likeness (QED) is 0.455. The minimum absolute atomic E-state index is 0.0181. The molecule has 1 saturated heterocycles. The summed E-state index contributed by atoms with van der Waals surface area (Å²) >= 11 is 0. The van der Waals surface area contributed by atoms with Crippen molar-refractivity contribution in [2.75, 3.05) is 13.1 Å². The van der Waals surface area contributed by atoms with Gasteiger partial charge in [-0.3, -0.25) is 9.69 Å². The first kappa shape index (κ1) is 25.5. The molecule has 2 heterocycles. The van der Waals surface area contributed by atoms with Crippen LogP contribution in [-0.4, -0.2) is 45.1 Å². The lowest BCUT2D eigenvalue weighted by Gasteiger charge is -2.30. The van der Waals surface area contributed by atoms with Gasteiger partial charge in [-0.05, 0) is 56.1 Å². The zero-order valence-electron chi connectivity index (χ0n) is 19.2. The van der Waals surface area contributed by atoms with Crippen molar-refractivity contribution >= 4 is 18.0 Å². The monoisotopic (exact) mass is 476 g/mol. The van der Waals surface area contributed by atoms with E-state index in [0.717, 1.165) is 55.1 Å². The molecule has 2 aromatic carbocycles. The van der Waals surface area contributed by atoms with Crippen LogP contribution in [0.3, 0.4) is 0 Å². The van der Waals surface area contributed by atoms with E-state index in [0.29, 0.717) is 5.92 Å². The van der Waals surface area contributed by atoms with Crippen LogP contribution in [0.4, 0.5) is 0 Å². The second-order valence-electron chi connectivity index (χ2n) is 8.06.